The highest BCUT2D eigenvalue weighted by Gasteiger charge is 2.34. The molecule has 2 aromatic carbocycles. The number of anilines is 1. The Morgan fingerprint density at radius 1 is 1.14 bits per heavy atom. The van der Waals surface area contributed by atoms with Crippen LogP contribution in [0, 0.1) is 11.6 Å². The van der Waals surface area contributed by atoms with Crippen LogP contribution in [0.4, 0.5) is 14.5 Å². The molecule has 0 atom stereocenters. The zero-order chi connectivity index (χ0) is 20.1. The third-order valence-corrected chi connectivity index (χ3v) is 7.16. The van der Waals surface area contributed by atoms with Crippen molar-refractivity contribution in [2.75, 3.05) is 11.4 Å². The fourth-order valence-corrected chi connectivity index (χ4v) is 5.09. The van der Waals surface area contributed by atoms with Crippen molar-refractivity contribution in [1.29, 1.82) is 0 Å². The SMILES string of the molecule is CN1c2cc(Cl)ccc2-c2nc(SCc3cc(F)cc(F)c3)ncc2S1(=O)=O. The van der Waals surface area contributed by atoms with Crippen molar-refractivity contribution in [3.05, 3.63) is 64.8 Å². The van der Waals surface area contributed by atoms with Crippen LogP contribution in [0.1, 0.15) is 5.56 Å². The normalized spacial score (nSPS) is 14.5. The van der Waals surface area contributed by atoms with Gasteiger partial charge in [0.1, 0.15) is 16.5 Å². The molecule has 2 heterocycles. The molecule has 0 fully saturated rings. The summed E-state index contributed by atoms with van der Waals surface area (Å²) in [5, 5.41) is 0.699. The van der Waals surface area contributed by atoms with Gasteiger partial charge in [0.25, 0.3) is 10.0 Å². The average molecular weight is 440 g/mol. The molecule has 5 nitrogen and oxygen atoms in total. The van der Waals surface area contributed by atoms with Crippen LogP contribution < -0.4 is 4.31 Å². The first-order valence-electron chi connectivity index (χ1n) is 7.99. The third kappa shape index (κ3) is 3.34. The summed E-state index contributed by atoms with van der Waals surface area (Å²) in [4.78, 5) is 8.49. The van der Waals surface area contributed by atoms with Gasteiger partial charge in [-0.3, -0.25) is 4.31 Å². The van der Waals surface area contributed by atoms with Crippen LogP contribution in [0.3, 0.4) is 0 Å². The summed E-state index contributed by atoms with van der Waals surface area (Å²) in [5.41, 5.74) is 1.73. The zero-order valence-corrected chi connectivity index (χ0v) is 16.7. The van der Waals surface area contributed by atoms with Gasteiger partial charge in [0, 0.05) is 29.5 Å². The lowest BCUT2D eigenvalue weighted by Gasteiger charge is -2.28. The molecule has 0 radical (unpaired) electrons. The van der Waals surface area contributed by atoms with Gasteiger partial charge in [-0.05, 0) is 35.9 Å². The van der Waals surface area contributed by atoms with Gasteiger partial charge in [-0.1, -0.05) is 23.4 Å². The molecule has 0 N–H and O–H groups in total. The van der Waals surface area contributed by atoms with Gasteiger partial charge in [-0.15, -0.1) is 0 Å². The molecule has 0 saturated carbocycles. The van der Waals surface area contributed by atoms with E-state index in [9.17, 15) is 17.2 Å². The van der Waals surface area contributed by atoms with Crippen molar-refractivity contribution in [3.8, 4) is 11.3 Å². The Balaban J connectivity index is 1.73. The van der Waals surface area contributed by atoms with Crippen LogP contribution in [0.25, 0.3) is 11.3 Å². The highest BCUT2D eigenvalue weighted by molar-refractivity contribution is 7.98. The molecule has 1 aliphatic rings. The second kappa shape index (κ2) is 6.98. The van der Waals surface area contributed by atoms with Crippen molar-refractivity contribution in [2.45, 2.75) is 15.8 Å². The second-order valence-electron chi connectivity index (χ2n) is 6.07. The Labute approximate surface area is 169 Å². The number of aromatic nitrogens is 2. The van der Waals surface area contributed by atoms with Gasteiger partial charge in [-0.25, -0.2) is 27.2 Å². The van der Waals surface area contributed by atoms with Crippen LogP contribution in [0.5, 0.6) is 0 Å². The van der Waals surface area contributed by atoms with Crippen LogP contribution in [0.15, 0.2) is 52.6 Å². The maximum atomic E-state index is 13.3. The van der Waals surface area contributed by atoms with E-state index in [1.807, 2.05) is 0 Å². The van der Waals surface area contributed by atoms with Crippen LogP contribution >= 0.6 is 23.4 Å². The van der Waals surface area contributed by atoms with E-state index in [2.05, 4.69) is 9.97 Å². The van der Waals surface area contributed by atoms with Crippen molar-refractivity contribution in [1.82, 2.24) is 9.97 Å². The molecular formula is C18H12ClF2N3O2S2. The predicted molar refractivity (Wildman–Crippen MR) is 104 cm³/mol. The first-order valence-corrected chi connectivity index (χ1v) is 10.8. The number of hydrogen-bond acceptors (Lipinski definition) is 5. The van der Waals surface area contributed by atoms with E-state index in [-0.39, 0.29) is 16.3 Å². The Hall–Kier alpha value is -2.23. The Morgan fingerprint density at radius 3 is 2.57 bits per heavy atom. The van der Waals surface area contributed by atoms with Gasteiger partial charge in [0.05, 0.1) is 17.6 Å². The van der Waals surface area contributed by atoms with E-state index >= 15 is 0 Å². The number of benzene rings is 2. The molecule has 4 rings (SSSR count). The molecule has 10 heteroatoms. The lowest BCUT2D eigenvalue weighted by molar-refractivity contribution is 0.581. The molecular weight excluding hydrogens is 428 g/mol. The molecule has 0 unspecified atom stereocenters. The molecule has 0 amide bonds. The second-order valence-corrected chi connectivity index (χ2v) is 9.38. The summed E-state index contributed by atoms with van der Waals surface area (Å²) in [6.45, 7) is 0. The third-order valence-electron chi connectivity index (χ3n) is 4.22. The Kier molecular flexibility index (Phi) is 4.76. The van der Waals surface area contributed by atoms with Gasteiger partial charge in [0.2, 0.25) is 0 Å². The number of sulfonamides is 1. The van der Waals surface area contributed by atoms with E-state index in [0.717, 1.165) is 22.1 Å². The first-order chi connectivity index (χ1) is 13.3. The van der Waals surface area contributed by atoms with E-state index in [4.69, 9.17) is 11.6 Å². The summed E-state index contributed by atoms with van der Waals surface area (Å²) in [6.07, 6.45) is 1.25. The minimum Gasteiger partial charge on any atom is -0.269 e. The number of halogens is 3. The van der Waals surface area contributed by atoms with E-state index in [1.165, 1.54) is 25.4 Å². The average Bonchev–Trinajstić information content (AvgIpc) is 2.64. The molecule has 28 heavy (non-hydrogen) atoms. The number of nitrogens with zero attached hydrogens (tertiary/aromatic N) is 3. The van der Waals surface area contributed by atoms with E-state index in [1.54, 1.807) is 18.2 Å². The summed E-state index contributed by atoms with van der Waals surface area (Å²) in [5.74, 6) is -1.10. The molecule has 144 valence electrons. The lowest BCUT2D eigenvalue weighted by atomic mass is 10.1. The molecule has 0 saturated heterocycles. The maximum absolute atomic E-state index is 13.3. The number of rotatable bonds is 3. The summed E-state index contributed by atoms with van der Waals surface area (Å²) >= 11 is 7.17. The van der Waals surface area contributed by atoms with Gasteiger partial charge in [-0.2, -0.15) is 0 Å². The molecule has 0 bridgehead atoms. The fraction of sp³-hybridized carbons (Fsp3) is 0.111. The van der Waals surface area contributed by atoms with Gasteiger partial charge in [0.15, 0.2) is 5.16 Å². The lowest BCUT2D eigenvalue weighted by Crippen LogP contribution is -2.31. The van der Waals surface area contributed by atoms with Crippen LogP contribution in [0.2, 0.25) is 5.02 Å². The predicted octanol–water partition coefficient (Wildman–Crippen LogP) is 4.51. The maximum Gasteiger partial charge on any atom is 0.267 e. The molecule has 1 aromatic heterocycles. The zero-order valence-electron chi connectivity index (χ0n) is 14.4. The first kappa shape index (κ1) is 19.1. The minimum atomic E-state index is -3.80. The largest absolute Gasteiger partial charge is 0.269 e. The number of hydrogen-bond donors (Lipinski definition) is 0. The summed E-state index contributed by atoms with van der Waals surface area (Å²) in [6, 6.07) is 8.16. The highest BCUT2D eigenvalue weighted by atomic mass is 35.5. The van der Waals surface area contributed by atoms with Crippen molar-refractivity contribution in [3.63, 3.8) is 0 Å². The van der Waals surface area contributed by atoms with Crippen LogP contribution in [-0.2, 0) is 15.8 Å². The summed E-state index contributed by atoms with van der Waals surface area (Å²) in [7, 11) is -2.37. The summed E-state index contributed by atoms with van der Waals surface area (Å²) < 4.78 is 53.3. The Morgan fingerprint density at radius 2 is 1.86 bits per heavy atom. The van der Waals surface area contributed by atoms with Crippen molar-refractivity contribution >= 4 is 39.1 Å². The molecule has 0 aliphatic carbocycles. The monoisotopic (exact) mass is 439 g/mol. The molecule has 3 aromatic rings. The standard InChI is InChI=1S/C18H12ClF2N3O2S2/c1-24-15-6-11(19)2-3-14(15)17-16(28(24,25)26)8-22-18(23-17)27-9-10-4-12(20)7-13(21)5-10/h2-8H,9H2,1H3. The van der Waals surface area contributed by atoms with Crippen molar-refractivity contribution in [2.24, 2.45) is 0 Å². The van der Waals surface area contributed by atoms with Gasteiger partial charge < -0.3 is 0 Å². The van der Waals surface area contributed by atoms with Crippen LogP contribution in [-0.4, -0.2) is 25.4 Å². The van der Waals surface area contributed by atoms with Gasteiger partial charge >= 0.3 is 0 Å². The molecule has 0 spiro atoms. The quantitative estimate of drug-likeness (QED) is 0.444. The number of fused-ring (bicyclic) bond motifs is 3. The Bertz CT molecular complexity index is 1190. The van der Waals surface area contributed by atoms with E-state index < -0.39 is 21.7 Å². The minimum absolute atomic E-state index is 0.00836. The highest BCUT2D eigenvalue weighted by Crippen LogP contribution is 2.42. The van der Waals surface area contributed by atoms with E-state index in [0.29, 0.717) is 27.0 Å². The smallest absolute Gasteiger partial charge is 0.267 e. The van der Waals surface area contributed by atoms with Crippen molar-refractivity contribution < 1.29 is 17.2 Å². The number of thioether (sulfide) groups is 1. The molecule has 1 aliphatic heterocycles. The fourth-order valence-electron chi connectivity index (χ4n) is 2.89. The topological polar surface area (TPSA) is 63.2 Å².